The Labute approximate surface area is 192 Å². The largest absolute Gasteiger partial charge is 0.402 e. The number of aliphatic imine (C=N–C) groups is 1. The van der Waals surface area contributed by atoms with Gasteiger partial charge >= 0.3 is 5.97 Å². The summed E-state index contributed by atoms with van der Waals surface area (Å²) < 4.78 is 20.7. The molecular formula is C28H20NO3P. The number of benzene rings is 4. The number of nitrogens with zero attached hydrogens (tertiary/aromatic N) is 1. The number of hydrogen-bond donors (Lipinski definition) is 0. The molecule has 0 saturated carbocycles. The van der Waals surface area contributed by atoms with Gasteiger partial charge in [0.2, 0.25) is 5.90 Å². The second-order valence-electron chi connectivity index (χ2n) is 7.52. The van der Waals surface area contributed by atoms with E-state index >= 15 is 4.57 Å². The van der Waals surface area contributed by atoms with E-state index in [4.69, 9.17) is 4.74 Å². The molecule has 4 aromatic rings. The Bertz CT molecular complexity index is 1350. The van der Waals surface area contributed by atoms with Crippen molar-refractivity contribution in [1.29, 1.82) is 0 Å². The fourth-order valence-corrected chi connectivity index (χ4v) is 6.86. The predicted molar refractivity (Wildman–Crippen MR) is 132 cm³/mol. The van der Waals surface area contributed by atoms with Crippen LogP contribution in [-0.4, -0.2) is 11.9 Å². The third kappa shape index (κ3) is 3.86. The molecule has 160 valence electrons. The molecule has 0 fully saturated rings. The lowest BCUT2D eigenvalue weighted by atomic mass is 10.2. The summed E-state index contributed by atoms with van der Waals surface area (Å²) in [4.78, 5) is 17.8. The van der Waals surface area contributed by atoms with E-state index in [1.165, 1.54) is 0 Å². The van der Waals surface area contributed by atoms with E-state index in [0.29, 0.717) is 27.1 Å². The van der Waals surface area contributed by atoms with Crippen LogP contribution >= 0.6 is 7.14 Å². The van der Waals surface area contributed by atoms with Crippen LogP contribution in [0.15, 0.2) is 132 Å². The van der Waals surface area contributed by atoms with Gasteiger partial charge in [-0.3, -0.25) is 0 Å². The van der Waals surface area contributed by atoms with Crippen molar-refractivity contribution in [2.45, 2.75) is 0 Å². The first kappa shape index (κ1) is 20.9. The Morgan fingerprint density at radius 3 is 1.61 bits per heavy atom. The first-order valence-electron chi connectivity index (χ1n) is 10.6. The van der Waals surface area contributed by atoms with Crippen LogP contribution in [0.2, 0.25) is 0 Å². The molecule has 0 radical (unpaired) electrons. The summed E-state index contributed by atoms with van der Waals surface area (Å²) in [5, 5.41) is 1.62. The van der Waals surface area contributed by atoms with Crippen molar-refractivity contribution in [1.82, 2.24) is 0 Å². The molecule has 4 aromatic carbocycles. The molecule has 0 bridgehead atoms. The molecule has 0 N–H and O–H groups in total. The highest BCUT2D eigenvalue weighted by Gasteiger charge is 2.40. The van der Waals surface area contributed by atoms with Gasteiger partial charge in [0.25, 0.3) is 0 Å². The molecule has 0 atom stereocenters. The van der Waals surface area contributed by atoms with Crippen molar-refractivity contribution in [2.75, 3.05) is 0 Å². The number of carbonyl (C=O) groups is 1. The van der Waals surface area contributed by atoms with Crippen molar-refractivity contribution < 1.29 is 14.1 Å². The maximum atomic E-state index is 15.2. The molecule has 4 nitrogen and oxygen atoms in total. The van der Waals surface area contributed by atoms with Crippen molar-refractivity contribution in [3.63, 3.8) is 0 Å². The summed E-state index contributed by atoms with van der Waals surface area (Å²) in [6.45, 7) is 0. The summed E-state index contributed by atoms with van der Waals surface area (Å²) in [7, 11) is -3.49. The Morgan fingerprint density at radius 2 is 1.09 bits per heavy atom. The highest BCUT2D eigenvalue weighted by molar-refractivity contribution is 7.87. The molecule has 5 rings (SSSR count). The summed E-state index contributed by atoms with van der Waals surface area (Å²) in [6.07, 6.45) is 0. The molecule has 0 aliphatic carbocycles. The number of esters is 1. The molecule has 33 heavy (non-hydrogen) atoms. The molecule has 0 spiro atoms. The minimum atomic E-state index is -3.49. The highest BCUT2D eigenvalue weighted by atomic mass is 31.2. The van der Waals surface area contributed by atoms with E-state index in [9.17, 15) is 4.79 Å². The second kappa shape index (κ2) is 8.85. The third-order valence-electron chi connectivity index (χ3n) is 5.44. The van der Waals surface area contributed by atoms with Crippen molar-refractivity contribution >= 4 is 34.9 Å². The molecule has 5 heteroatoms. The predicted octanol–water partition coefficient (Wildman–Crippen LogP) is 5.37. The van der Waals surface area contributed by atoms with E-state index < -0.39 is 13.1 Å². The Hall–Kier alpha value is -4.01. The van der Waals surface area contributed by atoms with Crippen LogP contribution in [0.5, 0.6) is 0 Å². The average molecular weight is 449 g/mol. The highest BCUT2D eigenvalue weighted by Crippen LogP contribution is 2.58. The van der Waals surface area contributed by atoms with E-state index in [-0.39, 0.29) is 11.6 Å². The summed E-state index contributed by atoms with van der Waals surface area (Å²) in [5.74, 6) is -0.406. The lowest BCUT2D eigenvalue weighted by Crippen LogP contribution is -2.18. The first-order valence-corrected chi connectivity index (χ1v) is 12.3. The van der Waals surface area contributed by atoms with Gasteiger partial charge < -0.3 is 9.30 Å². The van der Waals surface area contributed by atoms with Crippen LogP contribution in [0.4, 0.5) is 0 Å². The molecule has 1 aliphatic heterocycles. The standard InChI is InChI=1S/C28H20NO3P/c30-28-25(29-27(32-28)22-15-7-2-8-16-22)26(21-13-5-1-6-14-21)33(31,23-17-9-3-10-18-23)24-19-11-4-12-20-24/h1-20H/b26-25+. The van der Waals surface area contributed by atoms with Gasteiger partial charge in [-0.1, -0.05) is 109 Å². The SMILES string of the molecule is O=C1OC(c2ccccc2)=N/C1=C(\c1ccccc1)P(=O)(c1ccccc1)c1ccccc1. The van der Waals surface area contributed by atoms with Crippen molar-refractivity contribution in [3.05, 3.63) is 138 Å². The topological polar surface area (TPSA) is 55.7 Å². The Kier molecular flexibility index (Phi) is 5.60. The van der Waals surface area contributed by atoms with E-state index in [0.717, 1.165) is 0 Å². The fourth-order valence-electron chi connectivity index (χ4n) is 3.91. The molecule has 0 unspecified atom stereocenters. The van der Waals surface area contributed by atoms with Crippen molar-refractivity contribution in [3.8, 4) is 0 Å². The van der Waals surface area contributed by atoms with Gasteiger partial charge in [0.1, 0.15) is 0 Å². The smallest absolute Gasteiger partial charge is 0.364 e. The maximum Gasteiger partial charge on any atom is 0.364 e. The van der Waals surface area contributed by atoms with E-state index in [1.54, 1.807) is 0 Å². The molecule has 1 aliphatic rings. The van der Waals surface area contributed by atoms with Gasteiger partial charge in [0, 0.05) is 16.2 Å². The summed E-state index contributed by atoms with van der Waals surface area (Å²) in [5.41, 5.74) is 1.41. The van der Waals surface area contributed by atoms with Gasteiger partial charge in [0.05, 0.1) is 5.31 Å². The molecule has 0 amide bonds. The fraction of sp³-hybridized carbons (Fsp3) is 0. The second-order valence-corrected chi connectivity index (χ2v) is 10.2. The lowest BCUT2D eigenvalue weighted by Gasteiger charge is -2.23. The monoisotopic (exact) mass is 449 g/mol. The maximum absolute atomic E-state index is 15.2. The third-order valence-corrected chi connectivity index (χ3v) is 8.59. The van der Waals surface area contributed by atoms with Crippen LogP contribution in [0.25, 0.3) is 5.31 Å². The molecule has 1 heterocycles. The normalized spacial score (nSPS) is 15.0. The van der Waals surface area contributed by atoms with Gasteiger partial charge in [-0.25, -0.2) is 9.79 Å². The average Bonchev–Trinajstić information content (AvgIpc) is 3.27. The number of hydrogen-bond acceptors (Lipinski definition) is 4. The van der Waals surface area contributed by atoms with Crippen LogP contribution in [-0.2, 0) is 14.1 Å². The molecule has 0 aromatic heterocycles. The van der Waals surface area contributed by atoms with Gasteiger partial charge in [-0.15, -0.1) is 0 Å². The van der Waals surface area contributed by atoms with Crippen LogP contribution in [0.1, 0.15) is 11.1 Å². The number of carbonyl (C=O) groups excluding carboxylic acids is 1. The summed E-state index contributed by atoms with van der Waals surface area (Å²) >= 11 is 0. The molecule has 0 saturated heterocycles. The van der Waals surface area contributed by atoms with Crippen LogP contribution < -0.4 is 10.6 Å². The van der Waals surface area contributed by atoms with Crippen LogP contribution in [0, 0.1) is 0 Å². The van der Waals surface area contributed by atoms with Gasteiger partial charge in [-0.2, -0.15) is 0 Å². The zero-order valence-electron chi connectivity index (χ0n) is 17.7. The Balaban J connectivity index is 1.85. The van der Waals surface area contributed by atoms with Gasteiger partial charge in [0.15, 0.2) is 12.8 Å². The minimum Gasteiger partial charge on any atom is -0.402 e. The van der Waals surface area contributed by atoms with Gasteiger partial charge in [-0.05, 0) is 17.7 Å². The quantitative estimate of drug-likeness (QED) is 0.234. The van der Waals surface area contributed by atoms with Crippen molar-refractivity contribution in [2.24, 2.45) is 4.99 Å². The lowest BCUT2D eigenvalue weighted by molar-refractivity contribution is -0.129. The minimum absolute atomic E-state index is 0.0658. The number of ether oxygens (including phenoxy) is 1. The number of rotatable bonds is 5. The zero-order chi connectivity index (χ0) is 22.7. The Morgan fingerprint density at radius 1 is 0.636 bits per heavy atom. The van der Waals surface area contributed by atoms with E-state index in [2.05, 4.69) is 4.99 Å². The number of cyclic esters (lactones) is 1. The molecular weight excluding hydrogens is 429 g/mol. The van der Waals surface area contributed by atoms with E-state index in [1.807, 2.05) is 121 Å². The first-order chi connectivity index (χ1) is 16.2. The zero-order valence-corrected chi connectivity index (χ0v) is 18.6. The van der Waals surface area contributed by atoms with Crippen LogP contribution in [0.3, 0.4) is 0 Å². The summed E-state index contributed by atoms with van der Waals surface area (Å²) in [6, 6.07) is 37.0.